The summed E-state index contributed by atoms with van der Waals surface area (Å²) < 4.78 is 14.5. The number of hydrogen-bond donors (Lipinski definition) is 5. The molecule has 130 valence electrons. The summed E-state index contributed by atoms with van der Waals surface area (Å²) in [5, 5.41) is 29.7. The van der Waals surface area contributed by atoms with Crippen molar-refractivity contribution in [3.63, 3.8) is 0 Å². The van der Waals surface area contributed by atoms with Gasteiger partial charge in [0, 0.05) is 17.9 Å². The van der Waals surface area contributed by atoms with E-state index in [1.54, 1.807) is 12.1 Å². The number of nitrogens with zero attached hydrogens (tertiary/aromatic N) is 1. The van der Waals surface area contributed by atoms with Crippen molar-refractivity contribution >= 4 is 13.5 Å². The minimum Gasteiger partial charge on any atom is -0.508 e. The number of rotatable bonds is 5. The Bertz CT molecular complexity index is 719. The summed E-state index contributed by atoms with van der Waals surface area (Å²) in [5.74, 6) is -1.19. The van der Waals surface area contributed by atoms with E-state index in [1.807, 2.05) is 6.92 Å². The molecule has 0 radical (unpaired) electrons. The molecule has 0 bridgehead atoms. The third kappa shape index (κ3) is 4.55. The molecule has 7 nitrogen and oxygen atoms in total. The van der Waals surface area contributed by atoms with Gasteiger partial charge in [0.2, 0.25) is 0 Å². The summed E-state index contributed by atoms with van der Waals surface area (Å²) in [5.41, 5.74) is 0.707. The van der Waals surface area contributed by atoms with Crippen LogP contribution in [0.15, 0.2) is 53.0 Å². The second-order valence-electron chi connectivity index (χ2n) is 5.59. The molecule has 3 atom stereocenters. The lowest BCUT2D eigenvalue weighted by Crippen LogP contribution is -2.32. The number of phenols is 1. The summed E-state index contributed by atoms with van der Waals surface area (Å²) in [4.78, 5) is 18.2. The summed E-state index contributed by atoms with van der Waals surface area (Å²) in [7, 11) is -4.70. The smallest absolute Gasteiger partial charge is 0.448 e. The summed E-state index contributed by atoms with van der Waals surface area (Å²) in [6, 6.07) is 6.40. The molecule has 1 aromatic carbocycles. The van der Waals surface area contributed by atoms with Gasteiger partial charge in [0.15, 0.2) is 0 Å². The first kappa shape index (κ1) is 18.4. The van der Waals surface area contributed by atoms with E-state index in [4.69, 9.17) is 9.79 Å². The maximum atomic E-state index is 11.2. The van der Waals surface area contributed by atoms with Gasteiger partial charge in [-0.2, -0.15) is 4.76 Å². The predicted octanol–water partition coefficient (Wildman–Crippen LogP) is 2.41. The monoisotopic (exact) mass is 353 g/mol. The molecule has 0 saturated carbocycles. The summed E-state index contributed by atoms with van der Waals surface area (Å²) in [6.45, 7) is 1.88. The number of aliphatic hydroxyl groups is 2. The zero-order valence-electron chi connectivity index (χ0n) is 13.0. The van der Waals surface area contributed by atoms with Crippen molar-refractivity contribution in [1.82, 2.24) is 0 Å². The van der Waals surface area contributed by atoms with Gasteiger partial charge in [-0.05, 0) is 30.2 Å². The largest absolute Gasteiger partial charge is 0.508 e. The Labute approximate surface area is 139 Å². The van der Waals surface area contributed by atoms with E-state index in [0.29, 0.717) is 6.42 Å². The lowest BCUT2D eigenvalue weighted by Gasteiger charge is -2.29. The molecular weight excluding hydrogens is 333 g/mol. The van der Waals surface area contributed by atoms with Gasteiger partial charge in [-0.3, -0.25) is 0 Å². The number of allylic oxidation sites excluding steroid dienone is 2. The van der Waals surface area contributed by atoms with Crippen molar-refractivity contribution in [3.8, 4) is 5.75 Å². The highest BCUT2D eigenvalue weighted by Gasteiger charge is 2.32. The highest BCUT2D eigenvalue weighted by molar-refractivity contribution is 7.50. The second-order valence-corrected chi connectivity index (χ2v) is 6.82. The molecule has 8 heteroatoms. The number of phenolic OH excluding ortho intramolecular Hbond substituents is 1. The van der Waals surface area contributed by atoms with Crippen LogP contribution < -0.4 is 0 Å². The van der Waals surface area contributed by atoms with Crippen LogP contribution in [-0.4, -0.2) is 36.9 Å². The standard InChI is InChI=1S/C16H20NO6P/c1-2-13(10-3-5-11(18)6-4-10)16(20)14-8-7-12(19)9-15(14)17-24(21,22)23/h3-9,13-14,16,18-20H,2H2,1H3,(H2,21,22,23)/b17-15+. The molecule has 0 aliphatic heterocycles. The van der Waals surface area contributed by atoms with Crippen molar-refractivity contribution in [2.45, 2.75) is 25.4 Å². The second kappa shape index (κ2) is 7.32. The minimum atomic E-state index is -4.70. The van der Waals surface area contributed by atoms with E-state index in [-0.39, 0.29) is 23.1 Å². The van der Waals surface area contributed by atoms with Crippen molar-refractivity contribution in [3.05, 3.63) is 53.8 Å². The quantitative estimate of drug-likeness (QED) is 0.517. The van der Waals surface area contributed by atoms with Gasteiger partial charge in [0.1, 0.15) is 11.5 Å². The Kier molecular flexibility index (Phi) is 5.62. The van der Waals surface area contributed by atoms with Gasteiger partial charge in [-0.1, -0.05) is 25.1 Å². The van der Waals surface area contributed by atoms with Gasteiger partial charge >= 0.3 is 7.75 Å². The minimum absolute atomic E-state index is 0.0759. The Balaban J connectivity index is 2.36. The number of benzene rings is 1. The molecule has 5 N–H and O–H groups in total. The Hall–Kier alpha value is -1.92. The fourth-order valence-corrected chi connectivity index (χ4v) is 3.27. The lowest BCUT2D eigenvalue weighted by atomic mass is 9.80. The van der Waals surface area contributed by atoms with Crippen molar-refractivity contribution in [1.29, 1.82) is 0 Å². The predicted molar refractivity (Wildman–Crippen MR) is 90.0 cm³/mol. The van der Waals surface area contributed by atoms with Crippen LogP contribution in [0.5, 0.6) is 5.75 Å². The Morgan fingerprint density at radius 3 is 2.38 bits per heavy atom. The van der Waals surface area contributed by atoms with E-state index in [9.17, 15) is 19.9 Å². The first-order valence-corrected chi connectivity index (χ1v) is 8.99. The van der Waals surface area contributed by atoms with E-state index >= 15 is 0 Å². The van der Waals surface area contributed by atoms with E-state index in [1.165, 1.54) is 24.3 Å². The van der Waals surface area contributed by atoms with Crippen LogP contribution in [0.3, 0.4) is 0 Å². The Morgan fingerprint density at radius 1 is 1.21 bits per heavy atom. The van der Waals surface area contributed by atoms with Gasteiger partial charge in [-0.25, -0.2) is 4.57 Å². The maximum absolute atomic E-state index is 11.2. The first-order chi connectivity index (χ1) is 11.2. The normalized spacial score (nSPS) is 22.2. The highest BCUT2D eigenvalue weighted by atomic mass is 31.2. The molecule has 0 aromatic heterocycles. The molecule has 1 aliphatic rings. The van der Waals surface area contributed by atoms with Crippen LogP contribution in [0.4, 0.5) is 0 Å². The topological polar surface area (TPSA) is 131 Å². The Morgan fingerprint density at radius 2 is 1.83 bits per heavy atom. The number of hydrogen-bond acceptors (Lipinski definition) is 4. The number of aliphatic hydroxyl groups excluding tert-OH is 2. The SMILES string of the molecule is CCC(c1ccc(O)cc1)C(O)C1C=CC(O)=C/C1=N\P(=O)(O)O. The lowest BCUT2D eigenvalue weighted by molar-refractivity contribution is 0.122. The fourth-order valence-electron chi connectivity index (χ4n) is 2.78. The summed E-state index contributed by atoms with van der Waals surface area (Å²) in [6.07, 6.45) is 3.52. The molecule has 0 spiro atoms. The molecule has 1 aliphatic carbocycles. The van der Waals surface area contributed by atoms with Crippen LogP contribution in [0.25, 0.3) is 0 Å². The molecule has 0 fully saturated rings. The highest BCUT2D eigenvalue weighted by Crippen LogP contribution is 2.39. The van der Waals surface area contributed by atoms with E-state index in [0.717, 1.165) is 11.6 Å². The fraction of sp³-hybridized carbons (Fsp3) is 0.312. The van der Waals surface area contributed by atoms with Crippen molar-refractivity contribution in [2.75, 3.05) is 0 Å². The zero-order chi connectivity index (χ0) is 17.9. The van der Waals surface area contributed by atoms with Gasteiger partial charge in [0.25, 0.3) is 0 Å². The third-order valence-electron chi connectivity index (χ3n) is 3.90. The van der Waals surface area contributed by atoms with Gasteiger partial charge in [0.05, 0.1) is 11.8 Å². The molecule has 24 heavy (non-hydrogen) atoms. The molecule has 1 aromatic rings. The van der Waals surface area contributed by atoms with Crippen molar-refractivity contribution < 1.29 is 29.7 Å². The average Bonchev–Trinajstić information content (AvgIpc) is 2.48. The molecule has 2 rings (SSSR count). The van der Waals surface area contributed by atoms with E-state index in [2.05, 4.69) is 4.76 Å². The van der Waals surface area contributed by atoms with E-state index < -0.39 is 19.8 Å². The van der Waals surface area contributed by atoms with Crippen LogP contribution in [0.1, 0.15) is 24.8 Å². The first-order valence-electron chi connectivity index (χ1n) is 7.43. The van der Waals surface area contributed by atoms with Crippen LogP contribution in [0.2, 0.25) is 0 Å². The number of aromatic hydroxyl groups is 1. The van der Waals surface area contributed by atoms with Gasteiger partial charge < -0.3 is 25.1 Å². The molecule has 3 unspecified atom stereocenters. The summed E-state index contributed by atoms with van der Waals surface area (Å²) >= 11 is 0. The van der Waals surface area contributed by atoms with Crippen LogP contribution in [0, 0.1) is 5.92 Å². The third-order valence-corrected chi connectivity index (χ3v) is 4.39. The molecule has 0 heterocycles. The average molecular weight is 353 g/mol. The van der Waals surface area contributed by atoms with Crippen LogP contribution in [-0.2, 0) is 4.57 Å². The van der Waals surface area contributed by atoms with Gasteiger partial charge in [-0.15, -0.1) is 0 Å². The molecule has 0 amide bonds. The molecular formula is C16H20NO6P. The maximum Gasteiger partial charge on any atom is 0.448 e. The van der Waals surface area contributed by atoms with Crippen molar-refractivity contribution in [2.24, 2.45) is 10.7 Å². The van der Waals surface area contributed by atoms with Crippen LogP contribution >= 0.6 is 7.75 Å². The molecule has 0 saturated heterocycles. The zero-order valence-corrected chi connectivity index (χ0v) is 13.9.